The molecule has 0 spiro atoms. The third-order valence-electron chi connectivity index (χ3n) is 2.36. The number of carbonyl (C=O) groups is 2. The van der Waals surface area contributed by atoms with Gasteiger partial charge in [0.15, 0.2) is 5.13 Å². The summed E-state index contributed by atoms with van der Waals surface area (Å²) in [5, 5.41) is 12.2. The maximum absolute atomic E-state index is 12.8. The fourth-order valence-electron chi connectivity index (χ4n) is 1.46. The number of amides is 1. The number of hydrogen-bond donors (Lipinski definition) is 2. The molecule has 20 heavy (non-hydrogen) atoms. The van der Waals surface area contributed by atoms with Crippen LogP contribution in [0.5, 0.6) is 0 Å². The number of nitrogens with zero attached hydrogens (tertiary/aromatic N) is 1. The first-order chi connectivity index (χ1) is 9.58. The lowest BCUT2D eigenvalue weighted by Gasteiger charge is -1.99. The van der Waals surface area contributed by atoms with Crippen molar-refractivity contribution in [1.29, 1.82) is 0 Å². The molecular weight excluding hydrogens is 283 g/mol. The summed E-state index contributed by atoms with van der Waals surface area (Å²) in [6, 6.07) is 8.77. The molecule has 1 heterocycles. The van der Waals surface area contributed by atoms with Crippen molar-refractivity contribution in [3.05, 3.63) is 57.5 Å². The molecule has 5 nitrogen and oxygen atoms in total. The third kappa shape index (κ3) is 3.27. The molecule has 2 N–H and O–H groups in total. The molecule has 0 saturated heterocycles. The highest BCUT2D eigenvalue weighted by atomic mass is 32.1. The van der Waals surface area contributed by atoms with Crippen molar-refractivity contribution >= 4 is 29.4 Å². The zero-order chi connectivity index (χ0) is 14.5. The minimum Gasteiger partial charge on any atom is -0.478 e. The standard InChI is InChI=1S/C13H9FN2O3S/c14-11-6-5-10(20-11)12(17)16-15-7-8-3-1-2-4-9(8)13(18)19/h1-7H,(H,16,17)(H,18,19)/b15-7+. The Morgan fingerprint density at radius 1 is 1.25 bits per heavy atom. The lowest BCUT2D eigenvalue weighted by Crippen LogP contribution is -2.16. The molecule has 0 bridgehead atoms. The van der Waals surface area contributed by atoms with E-state index in [-0.39, 0.29) is 10.4 Å². The van der Waals surface area contributed by atoms with Gasteiger partial charge in [-0.25, -0.2) is 10.2 Å². The number of carboxylic acid groups (broad SMARTS) is 1. The molecule has 0 aliphatic heterocycles. The van der Waals surface area contributed by atoms with E-state index in [1.165, 1.54) is 24.4 Å². The number of thiophene rings is 1. The molecule has 2 rings (SSSR count). The number of carbonyl (C=O) groups excluding carboxylic acids is 1. The lowest BCUT2D eigenvalue weighted by molar-refractivity contribution is 0.0696. The summed E-state index contributed by atoms with van der Waals surface area (Å²) in [6.45, 7) is 0. The first-order valence-electron chi connectivity index (χ1n) is 5.49. The fourth-order valence-corrected chi connectivity index (χ4v) is 2.08. The van der Waals surface area contributed by atoms with Crippen LogP contribution in [-0.2, 0) is 0 Å². The molecule has 1 amide bonds. The summed E-state index contributed by atoms with van der Waals surface area (Å²) >= 11 is 0.703. The highest BCUT2D eigenvalue weighted by Crippen LogP contribution is 2.13. The largest absolute Gasteiger partial charge is 0.478 e. The second-order valence-electron chi connectivity index (χ2n) is 3.70. The summed E-state index contributed by atoms with van der Waals surface area (Å²) in [7, 11) is 0. The van der Waals surface area contributed by atoms with Crippen molar-refractivity contribution in [2.75, 3.05) is 0 Å². The molecule has 1 aromatic heterocycles. The maximum atomic E-state index is 12.8. The number of rotatable bonds is 4. The molecule has 0 unspecified atom stereocenters. The summed E-state index contributed by atoms with van der Waals surface area (Å²) < 4.78 is 12.8. The Balaban J connectivity index is 2.07. The zero-order valence-corrected chi connectivity index (χ0v) is 10.9. The van der Waals surface area contributed by atoms with Crippen molar-refractivity contribution in [3.63, 3.8) is 0 Å². The number of aromatic carboxylic acids is 1. The molecule has 0 radical (unpaired) electrons. The van der Waals surface area contributed by atoms with E-state index in [4.69, 9.17) is 5.11 Å². The topological polar surface area (TPSA) is 78.8 Å². The van der Waals surface area contributed by atoms with Crippen molar-refractivity contribution < 1.29 is 19.1 Å². The van der Waals surface area contributed by atoms with Crippen LogP contribution in [-0.4, -0.2) is 23.2 Å². The summed E-state index contributed by atoms with van der Waals surface area (Å²) in [6.07, 6.45) is 1.23. The molecule has 0 aliphatic carbocycles. The molecule has 102 valence electrons. The summed E-state index contributed by atoms with van der Waals surface area (Å²) in [5.74, 6) is -1.64. The Morgan fingerprint density at radius 3 is 2.65 bits per heavy atom. The number of hydrazone groups is 1. The first-order valence-corrected chi connectivity index (χ1v) is 6.30. The monoisotopic (exact) mass is 292 g/mol. The van der Waals surface area contributed by atoms with E-state index < -0.39 is 17.0 Å². The van der Waals surface area contributed by atoms with E-state index in [1.54, 1.807) is 18.2 Å². The van der Waals surface area contributed by atoms with Crippen LogP contribution >= 0.6 is 11.3 Å². The van der Waals surface area contributed by atoms with E-state index in [1.807, 2.05) is 0 Å². The summed E-state index contributed by atoms with van der Waals surface area (Å²) in [5.41, 5.74) is 2.64. The van der Waals surface area contributed by atoms with Crippen LogP contribution < -0.4 is 5.43 Å². The smallest absolute Gasteiger partial charge is 0.336 e. The Bertz CT molecular complexity index is 682. The van der Waals surface area contributed by atoms with E-state index in [0.717, 1.165) is 0 Å². The van der Waals surface area contributed by atoms with Gasteiger partial charge in [0.1, 0.15) is 0 Å². The average molecular weight is 292 g/mol. The number of carboxylic acids is 1. The summed E-state index contributed by atoms with van der Waals surface area (Å²) in [4.78, 5) is 22.7. The minimum atomic E-state index is -1.08. The Morgan fingerprint density at radius 2 is 2.00 bits per heavy atom. The zero-order valence-electron chi connectivity index (χ0n) is 10.0. The van der Waals surface area contributed by atoms with Gasteiger partial charge in [0.2, 0.25) is 0 Å². The van der Waals surface area contributed by atoms with Crippen LogP contribution in [0.2, 0.25) is 0 Å². The normalized spacial score (nSPS) is 10.7. The van der Waals surface area contributed by atoms with Gasteiger partial charge in [-0.3, -0.25) is 4.79 Å². The van der Waals surface area contributed by atoms with Gasteiger partial charge in [0.05, 0.1) is 16.7 Å². The van der Waals surface area contributed by atoms with Gasteiger partial charge in [-0.2, -0.15) is 9.49 Å². The van der Waals surface area contributed by atoms with Crippen LogP contribution in [0.3, 0.4) is 0 Å². The number of benzene rings is 1. The molecule has 7 heteroatoms. The molecule has 0 fully saturated rings. The second kappa shape index (κ2) is 6.07. The molecule has 0 aliphatic rings. The average Bonchev–Trinajstić information content (AvgIpc) is 2.86. The first kappa shape index (κ1) is 13.9. The predicted octanol–water partition coefficient (Wildman–Crippen LogP) is 2.35. The third-order valence-corrected chi connectivity index (χ3v) is 3.23. The highest BCUT2D eigenvalue weighted by molar-refractivity contribution is 7.12. The van der Waals surface area contributed by atoms with Gasteiger partial charge in [0.25, 0.3) is 5.91 Å². The van der Waals surface area contributed by atoms with Gasteiger partial charge in [0, 0.05) is 5.56 Å². The van der Waals surface area contributed by atoms with E-state index >= 15 is 0 Å². The quantitative estimate of drug-likeness (QED) is 0.670. The minimum absolute atomic E-state index is 0.0765. The van der Waals surface area contributed by atoms with Crippen molar-refractivity contribution in [1.82, 2.24) is 5.43 Å². The molecule has 0 saturated carbocycles. The molecule has 0 atom stereocenters. The fraction of sp³-hybridized carbons (Fsp3) is 0. The lowest BCUT2D eigenvalue weighted by atomic mass is 10.1. The second-order valence-corrected chi connectivity index (χ2v) is 4.73. The molecule has 1 aromatic carbocycles. The van der Waals surface area contributed by atoms with Gasteiger partial charge < -0.3 is 5.11 Å². The van der Waals surface area contributed by atoms with Crippen molar-refractivity contribution in [3.8, 4) is 0 Å². The Labute approximate surface area is 117 Å². The number of halogens is 1. The maximum Gasteiger partial charge on any atom is 0.336 e. The van der Waals surface area contributed by atoms with Gasteiger partial charge in [-0.05, 0) is 18.2 Å². The number of nitrogens with one attached hydrogen (secondary N) is 1. The number of hydrogen-bond acceptors (Lipinski definition) is 4. The SMILES string of the molecule is O=C(N/N=C/c1ccccc1C(=O)O)c1ccc(F)s1. The van der Waals surface area contributed by atoms with Gasteiger partial charge in [-0.1, -0.05) is 18.2 Å². The van der Waals surface area contributed by atoms with E-state index in [0.29, 0.717) is 16.9 Å². The molecular formula is C13H9FN2O3S. The van der Waals surface area contributed by atoms with E-state index in [2.05, 4.69) is 10.5 Å². The van der Waals surface area contributed by atoms with Crippen LogP contribution in [0.15, 0.2) is 41.5 Å². The Hall–Kier alpha value is -2.54. The van der Waals surface area contributed by atoms with Crippen molar-refractivity contribution in [2.45, 2.75) is 0 Å². The van der Waals surface area contributed by atoms with Crippen LogP contribution in [0.4, 0.5) is 4.39 Å². The molecule has 2 aromatic rings. The van der Waals surface area contributed by atoms with Gasteiger partial charge >= 0.3 is 5.97 Å². The van der Waals surface area contributed by atoms with Crippen LogP contribution in [0.25, 0.3) is 0 Å². The predicted molar refractivity (Wildman–Crippen MR) is 72.7 cm³/mol. The van der Waals surface area contributed by atoms with Crippen LogP contribution in [0.1, 0.15) is 25.6 Å². The van der Waals surface area contributed by atoms with Gasteiger partial charge in [-0.15, -0.1) is 11.3 Å². The Kier molecular flexibility index (Phi) is 4.21. The van der Waals surface area contributed by atoms with E-state index in [9.17, 15) is 14.0 Å². The van der Waals surface area contributed by atoms with Crippen molar-refractivity contribution in [2.24, 2.45) is 5.10 Å². The highest BCUT2D eigenvalue weighted by Gasteiger charge is 2.09. The van der Waals surface area contributed by atoms with Crippen LogP contribution in [0, 0.1) is 5.13 Å².